The van der Waals surface area contributed by atoms with Crippen LogP contribution < -0.4 is 19.5 Å². The smallest absolute Gasteiger partial charge is 0.227 e. The van der Waals surface area contributed by atoms with E-state index in [-0.39, 0.29) is 17.7 Å². The summed E-state index contributed by atoms with van der Waals surface area (Å²) in [5.74, 6) is 3.05. The van der Waals surface area contributed by atoms with Gasteiger partial charge >= 0.3 is 0 Å². The molecule has 2 aliphatic heterocycles. The summed E-state index contributed by atoms with van der Waals surface area (Å²) in [7, 11) is 1.65. The average molecular weight is 477 g/mol. The number of aromatic nitrogens is 3. The van der Waals surface area contributed by atoms with Gasteiger partial charge in [-0.3, -0.25) is 4.79 Å². The molecule has 0 saturated heterocycles. The number of anilines is 1. The van der Waals surface area contributed by atoms with Gasteiger partial charge in [0.05, 0.1) is 7.11 Å². The molecular formula is C25H24N4O4S. The molecule has 2 aromatic carbocycles. The average Bonchev–Trinajstić information content (AvgIpc) is 3.30. The molecule has 0 spiro atoms. The van der Waals surface area contributed by atoms with Crippen molar-refractivity contribution in [3.63, 3.8) is 0 Å². The maximum absolute atomic E-state index is 13.6. The van der Waals surface area contributed by atoms with E-state index in [1.165, 1.54) is 11.8 Å². The van der Waals surface area contributed by atoms with Gasteiger partial charge in [-0.15, -0.1) is 5.10 Å². The quantitative estimate of drug-likeness (QED) is 0.561. The van der Waals surface area contributed by atoms with E-state index in [2.05, 4.69) is 10.3 Å². The molecule has 0 bridgehead atoms. The number of ketones is 1. The molecule has 0 saturated carbocycles. The van der Waals surface area contributed by atoms with E-state index in [4.69, 9.17) is 19.3 Å². The lowest BCUT2D eigenvalue weighted by Crippen LogP contribution is -2.33. The fourth-order valence-electron chi connectivity index (χ4n) is 4.93. The molecule has 8 nitrogen and oxygen atoms in total. The van der Waals surface area contributed by atoms with Crippen molar-refractivity contribution in [2.24, 2.45) is 0 Å². The van der Waals surface area contributed by atoms with Gasteiger partial charge in [-0.25, -0.2) is 4.68 Å². The minimum absolute atomic E-state index is 0.0834. The number of nitrogens with one attached hydrogen (secondary N) is 1. The SMILES string of the molecule is COc1ccc(C2CC(=O)C3=C(C2)Nc2nc(SC)nn2C3c2ccc3c(c2)OCCO3)cc1. The van der Waals surface area contributed by atoms with Crippen LogP contribution in [-0.4, -0.2) is 47.1 Å². The lowest BCUT2D eigenvalue weighted by molar-refractivity contribution is -0.116. The van der Waals surface area contributed by atoms with Crippen molar-refractivity contribution in [2.75, 3.05) is 31.9 Å². The van der Waals surface area contributed by atoms with Crippen molar-refractivity contribution in [1.82, 2.24) is 14.8 Å². The largest absolute Gasteiger partial charge is 0.497 e. The highest BCUT2D eigenvalue weighted by molar-refractivity contribution is 7.98. The minimum atomic E-state index is -0.375. The molecule has 2 atom stereocenters. The van der Waals surface area contributed by atoms with Crippen LogP contribution in [0.15, 0.2) is 58.9 Å². The summed E-state index contributed by atoms with van der Waals surface area (Å²) >= 11 is 1.47. The van der Waals surface area contributed by atoms with E-state index in [9.17, 15) is 4.79 Å². The predicted octanol–water partition coefficient (Wildman–Crippen LogP) is 4.20. The number of nitrogens with zero attached hydrogens (tertiary/aromatic N) is 3. The first-order valence-electron chi connectivity index (χ1n) is 11.2. The van der Waals surface area contributed by atoms with Crippen molar-refractivity contribution in [3.8, 4) is 17.2 Å². The number of fused-ring (bicyclic) bond motifs is 2. The van der Waals surface area contributed by atoms with Gasteiger partial charge in [0.1, 0.15) is 25.0 Å². The Morgan fingerprint density at radius 3 is 2.59 bits per heavy atom. The summed E-state index contributed by atoms with van der Waals surface area (Å²) in [5.41, 5.74) is 3.69. The number of carbonyl (C=O) groups excluding carboxylic acids is 1. The third kappa shape index (κ3) is 3.51. The summed E-state index contributed by atoms with van der Waals surface area (Å²) in [6.07, 6.45) is 3.10. The molecule has 1 N–H and O–H groups in total. The molecule has 3 aliphatic rings. The number of methoxy groups -OCH3 is 1. The second-order valence-electron chi connectivity index (χ2n) is 8.49. The number of allylic oxidation sites excluding steroid dienone is 2. The fraction of sp³-hybridized carbons (Fsp3) is 0.320. The van der Waals surface area contributed by atoms with Crippen LogP contribution in [-0.2, 0) is 4.79 Å². The molecule has 6 rings (SSSR count). The van der Waals surface area contributed by atoms with Crippen molar-refractivity contribution < 1.29 is 19.0 Å². The number of hydrogen-bond donors (Lipinski definition) is 1. The first kappa shape index (κ1) is 21.1. The van der Waals surface area contributed by atoms with E-state index < -0.39 is 0 Å². The number of Topliss-reactive ketones (excluding diaryl/α,β-unsaturated/α-hetero) is 1. The van der Waals surface area contributed by atoms with E-state index in [0.29, 0.717) is 36.5 Å². The van der Waals surface area contributed by atoms with Crippen molar-refractivity contribution >= 4 is 23.5 Å². The van der Waals surface area contributed by atoms with Crippen LogP contribution in [0.5, 0.6) is 17.2 Å². The third-order valence-corrected chi connectivity index (χ3v) is 7.09. The Labute approximate surface area is 201 Å². The van der Waals surface area contributed by atoms with Gasteiger partial charge in [0.25, 0.3) is 0 Å². The van der Waals surface area contributed by atoms with Crippen LogP contribution >= 0.6 is 11.8 Å². The van der Waals surface area contributed by atoms with Crippen molar-refractivity contribution in [2.45, 2.75) is 30.0 Å². The summed E-state index contributed by atoms with van der Waals surface area (Å²) < 4.78 is 18.6. The Balaban J connectivity index is 1.43. The lowest BCUT2D eigenvalue weighted by atomic mass is 9.78. The van der Waals surface area contributed by atoms with Gasteiger partial charge < -0.3 is 19.5 Å². The molecule has 0 radical (unpaired) electrons. The highest BCUT2D eigenvalue weighted by Crippen LogP contribution is 2.46. The van der Waals surface area contributed by atoms with Crippen LogP contribution in [0.3, 0.4) is 0 Å². The van der Waals surface area contributed by atoms with Crippen LogP contribution in [0.2, 0.25) is 0 Å². The second-order valence-corrected chi connectivity index (χ2v) is 9.26. The van der Waals surface area contributed by atoms with E-state index in [0.717, 1.165) is 40.3 Å². The maximum atomic E-state index is 13.6. The van der Waals surface area contributed by atoms with Gasteiger partial charge in [0.2, 0.25) is 11.1 Å². The normalized spacial score (nSPS) is 20.9. The number of ether oxygens (including phenoxy) is 3. The lowest BCUT2D eigenvalue weighted by Gasteiger charge is -2.35. The number of rotatable bonds is 4. The third-order valence-electron chi connectivity index (χ3n) is 6.55. The summed E-state index contributed by atoms with van der Waals surface area (Å²) in [4.78, 5) is 18.3. The van der Waals surface area contributed by atoms with Crippen molar-refractivity contribution in [1.29, 1.82) is 0 Å². The molecule has 2 unspecified atom stereocenters. The predicted molar refractivity (Wildman–Crippen MR) is 128 cm³/mol. The minimum Gasteiger partial charge on any atom is -0.497 e. The number of hydrogen-bond acceptors (Lipinski definition) is 8. The Morgan fingerprint density at radius 1 is 1.06 bits per heavy atom. The van der Waals surface area contributed by atoms with Gasteiger partial charge in [-0.1, -0.05) is 30.0 Å². The molecule has 0 fully saturated rings. The van der Waals surface area contributed by atoms with Gasteiger partial charge in [0.15, 0.2) is 17.3 Å². The molecule has 1 aromatic heterocycles. The standard InChI is InChI=1S/C25H24N4O4S/c1-31-17-6-3-14(4-7-17)16-11-18-22(19(30)12-16)23(29-24(26-18)27-25(28-29)34-2)15-5-8-20-21(13-15)33-10-9-32-20/h3-8,13,16,23H,9-12H2,1-2H3,(H,26,27,28). The Bertz CT molecular complexity index is 1300. The topological polar surface area (TPSA) is 87.5 Å². The molecule has 3 aromatic rings. The van der Waals surface area contributed by atoms with Crippen LogP contribution in [0.4, 0.5) is 5.95 Å². The highest BCUT2D eigenvalue weighted by atomic mass is 32.2. The second kappa shape index (κ2) is 8.39. The zero-order chi connectivity index (χ0) is 23.2. The number of carbonyl (C=O) groups is 1. The molecule has 9 heteroatoms. The van der Waals surface area contributed by atoms with Crippen LogP contribution in [0.25, 0.3) is 0 Å². The number of thioether (sulfide) groups is 1. The summed E-state index contributed by atoms with van der Waals surface area (Å²) in [6, 6.07) is 13.4. The van der Waals surface area contributed by atoms with Crippen molar-refractivity contribution in [3.05, 3.63) is 64.9 Å². The Hall–Kier alpha value is -3.46. The Kier molecular flexibility index (Phi) is 5.21. The molecule has 3 heterocycles. The molecule has 0 amide bonds. The first-order chi connectivity index (χ1) is 16.6. The van der Waals surface area contributed by atoms with E-state index in [1.54, 1.807) is 7.11 Å². The molecule has 34 heavy (non-hydrogen) atoms. The molecular weight excluding hydrogens is 452 g/mol. The Morgan fingerprint density at radius 2 is 1.82 bits per heavy atom. The van der Waals surface area contributed by atoms with Gasteiger partial charge in [-0.2, -0.15) is 4.98 Å². The highest BCUT2D eigenvalue weighted by Gasteiger charge is 2.40. The van der Waals surface area contributed by atoms with Gasteiger partial charge in [-0.05, 0) is 54.0 Å². The van der Waals surface area contributed by atoms with Crippen LogP contribution in [0, 0.1) is 0 Å². The van der Waals surface area contributed by atoms with Crippen LogP contribution in [0.1, 0.15) is 35.9 Å². The van der Waals surface area contributed by atoms with E-state index >= 15 is 0 Å². The first-order valence-corrected chi connectivity index (χ1v) is 12.4. The fourth-order valence-corrected chi connectivity index (χ4v) is 5.28. The maximum Gasteiger partial charge on any atom is 0.227 e. The molecule has 1 aliphatic carbocycles. The zero-order valence-electron chi connectivity index (χ0n) is 18.9. The van der Waals surface area contributed by atoms with Gasteiger partial charge in [0, 0.05) is 17.7 Å². The van der Waals surface area contributed by atoms with E-state index in [1.807, 2.05) is 53.4 Å². The zero-order valence-corrected chi connectivity index (χ0v) is 19.7. The summed E-state index contributed by atoms with van der Waals surface area (Å²) in [5, 5.41) is 8.77. The monoisotopic (exact) mass is 476 g/mol. The molecule has 174 valence electrons. The summed E-state index contributed by atoms with van der Waals surface area (Å²) in [6.45, 7) is 1.04. The number of benzene rings is 2.